The molecule has 0 atom stereocenters. The maximum absolute atomic E-state index is 13.8. The summed E-state index contributed by atoms with van der Waals surface area (Å²) < 4.78 is 43.4. The van der Waals surface area contributed by atoms with Gasteiger partial charge < -0.3 is 9.30 Å². The molecule has 2 aromatic rings. The van der Waals surface area contributed by atoms with Crippen LogP contribution in [0.1, 0.15) is 6.42 Å². The van der Waals surface area contributed by atoms with Crippen LogP contribution in [-0.4, -0.2) is 26.7 Å². The van der Waals surface area contributed by atoms with Gasteiger partial charge in [0.1, 0.15) is 10.7 Å². The van der Waals surface area contributed by atoms with Crippen LogP contribution in [0.2, 0.25) is 0 Å². The van der Waals surface area contributed by atoms with Crippen LogP contribution in [0.3, 0.4) is 0 Å². The zero-order valence-electron chi connectivity index (χ0n) is 10.3. The van der Waals surface area contributed by atoms with Crippen LogP contribution in [0.4, 0.5) is 4.39 Å². The van der Waals surface area contributed by atoms with E-state index in [0.717, 1.165) is 0 Å². The van der Waals surface area contributed by atoms with Crippen molar-refractivity contribution in [2.75, 3.05) is 13.7 Å². The molecule has 0 aliphatic rings. The predicted molar refractivity (Wildman–Crippen MR) is 71.4 cm³/mol. The molecule has 1 aromatic heterocycles. The van der Waals surface area contributed by atoms with Gasteiger partial charge in [0, 0.05) is 37.1 Å². The van der Waals surface area contributed by atoms with Gasteiger partial charge in [0.25, 0.3) is 9.05 Å². The SMILES string of the molecule is COCCCn1cc(S(=O)(=O)Cl)c2c(F)cccc21. The zero-order valence-corrected chi connectivity index (χ0v) is 11.8. The number of nitrogens with zero attached hydrogens (tertiary/aromatic N) is 1. The average molecular weight is 306 g/mol. The smallest absolute Gasteiger partial charge is 0.263 e. The molecule has 0 N–H and O–H groups in total. The van der Waals surface area contributed by atoms with E-state index >= 15 is 0 Å². The van der Waals surface area contributed by atoms with E-state index in [1.54, 1.807) is 17.7 Å². The van der Waals surface area contributed by atoms with Gasteiger partial charge in [0.2, 0.25) is 0 Å². The molecule has 2 rings (SSSR count). The maximum atomic E-state index is 13.8. The minimum absolute atomic E-state index is 0.0370. The Labute approximate surface area is 115 Å². The highest BCUT2D eigenvalue weighted by Crippen LogP contribution is 2.30. The molecular weight excluding hydrogens is 293 g/mol. The quantitative estimate of drug-likeness (QED) is 0.630. The summed E-state index contributed by atoms with van der Waals surface area (Å²) in [6.07, 6.45) is 2.06. The summed E-state index contributed by atoms with van der Waals surface area (Å²) >= 11 is 0. The van der Waals surface area contributed by atoms with E-state index in [1.807, 2.05) is 0 Å². The van der Waals surface area contributed by atoms with Gasteiger partial charge in [-0.25, -0.2) is 12.8 Å². The molecular formula is C12H13ClFNO3S. The highest BCUT2D eigenvalue weighted by atomic mass is 35.7. The lowest BCUT2D eigenvalue weighted by Gasteiger charge is -2.04. The van der Waals surface area contributed by atoms with Crippen molar-refractivity contribution in [3.05, 3.63) is 30.2 Å². The monoisotopic (exact) mass is 305 g/mol. The fraction of sp³-hybridized carbons (Fsp3) is 0.333. The largest absolute Gasteiger partial charge is 0.385 e. The molecule has 7 heteroatoms. The third-order valence-electron chi connectivity index (χ3n) is 2.83. The molecule has 0 radical (unpaired) electrons. The van der Waals surface area contributed by atoms with Gasteiger partial charge in [0.15, 0.2) is 0 Å². The van der Waals surface area contributed by atoms with E-state index < -0.39 is 14.9 Å². The summed E-state index contributed by atoms with van der Waals surface area (Å²) in [6.45, 7) is 1.07. The van der Waals surface area contributed by atoms with Gasteiger partial charge in [-0.15, -0.1) is 0 Å². The number of ether oxygens (including phenoxy) is 1. The van der Waals surface area contributed by atoms with Crippen molar-refractivity contribution in [2.45, 2.75) is 17.9 Å². The van der Waals surface area contributed by atoms with Gasteiger partial charge in [-0.1, -0.05) is 6.07 Å². The van der Waals surface area contributed by atoms with E-state index in [0.29, 0.717) is 25.1 Å². The number of hydrogen-bond acceptors (Lipinski definition) is 3. The van der Waals surface area contributed by atoms with Crippen molar-refractivity contribution < 1.29 is 17.5 Å². The van der Waals surface area contributed by atoms with E-state index in [-0.39, 0.29) is 10.3 Å². The molecule has 0 aliphatic heterocycles. The first-order valence-corrected chi connectivity index (χ1v) is 7.97. The van der Waals surface area contributed by atoms with Crippen LogP contribution in [0.15, 0.2) is 29.3 Å². The number of halogens is 2. The number of aromatic nitrogens is 1. The van der Waals surface area contributed by atoms with Crippen LogP contribution in [-0.2, 0) is 20.3 Å². The number of hydrogen-bond donors (Lipinski definition) is 0. The zero-order chi connectivity index (χ0) is 14.0. The van der Waals surface area contributed by atoms with Crippen LogP contribution >= 0.6 is 10.7 Å². The van der Waals surface area contributed by atoms with Crippen LogP contribution in [0.25, 0.3) is 10.9 Å². The van der Waals surface area contributed by atoms with E-state index in [9.17, 15) is 12.8 Å². The first kappa shape index (κ1) is 14.3. The molecule has 0 spiro atoms. The van der Waals surface area contributed by atoms with Crippen LogP contribution < -0.4 is 0 Å². The Morgan fingerprint density at radius 3 is 2.79 bits per heavy atom. The second-order valence-corrected chi connectivity index (χ2v) is 6.64. The Morgan fingerprint density at radius 2 is 2.16 bits per heavy atom. The molecule has 0 saturated heterocycles. The minimum Gasteiger partial charge on any atom is -0.385 e. The van der Waals surface area contributed by atoms with Crippen molar-refractivity contribution in [3.63, 3.8) is 0 Å². The van der Waals surface area contributed by atoms with Gasteiger partial charge in [0.05, 0.1) is 10.9 Å². The summed E-state index contributed by atoms with van der Waals surface area (Å²) in [4.78, 5) is -0.195. The fourth-order valence-corrected chi connectivity index (χ4v) is 3.07. The summed E-state index contributed by atoms with van der Waals surface area (Å²) in [5.74, 6) is -0.595. The highest BCUT2D eigenvalue weighted by molar-refractivity contribution is 8.14. The second-order valence-electron chi connectivity index (χ2n) is 4.10. The topological polar surface area (TPSA) is 48.3 Å². The molecule has 0 saturated carbocycles. The molecule has 0 unspecified atom stereocenters. The van der Waals surface area contributed by atoms with Crippen molar-refractivity contribution in [1.29, 1.82) is 0 Å². The maximum Gasteiger partial charge on any atom is 0.263 e. The van der Waals surface area contributed by atoms with Crippen molar-refractivity contribution >= 4 is 30.6 Å². The number of rotatable bonds is 5. The standard InChI is InChI=1S/C12H13ClFNO3S/c1-18-7-3-6-15-8-11(19(13,16)17)12-9(14)4-2-5-10(12)15/h2,4-5,8H,3,6-7H2,1H3. The summed E-state index contributed by atoms with van der Waals surface area (Å²) in [5.41, 5.74) is 0.510. The van der Waals surface area contributed by atoms with E-state index in [4.69, 9.17) is 15.4 Å². The molecule has 1 aromatic carbocycles. The highest BCUT2D eigenvalue weighted by Gasteiger charge is 2.21. The first-order chi connectivity index (χ1) is 8.95. The Balaban J connectivity index is 2.58. The Bertz CT molecular complexity index is 696. The lowest BCUT2D eigenvalue weighted by molar-refractivity contribution is 0.190. The molecule has 0 aliphatic carbocycles. The van der Waals surface area contributed by atoms with Crippen molar-refractivity contribution in [3.8, 4) is 0 Å². The van der Waals surface area contributed by atoms with Crippen molar-refractivity contribution in [1.82, 2.24) is 4.57 Å². The minimum atomic E-state index is -3.98. The van der Waals surface area contributed by atoms with Gasteiger partial charge in [-0.3, -0.25) is 0 Å². The lowest BCUT2D eigenvalue weighted by atomic mass is 10.2. The van der Waals surface area contributed by atoms with Crippen molar-refractivity contribution in [2.24, 2.45) is 0 Å². The van der Waals surface area contributed by atoms with Gasteiger partial charge in [-0.05, 0) is 18.6 Å². The Morgan fingerprint density at radius 1 is 1.42 bits per heavy atom. The normalized spacial score (nSPS) is 12.2. The Kier molecular flexibility index (Phi) is 4.13. The first-order valence-electron chi connectivity index (χ1n) is 5.66. The molecule has 104 valence electrons. The number of benzene rings is 1. The number of methoxy groups -OCH3 is 1. The Hall–Kier alpha value is -1.11. The molecule has 1 heterocycles. The van der Waals surface area contributed by atoms with E-state index in [1.165, 1.54) is 18.3 Å². The predicted octanol–water partition coefficient (Wildman–Crippen LogP) is 2.74. The molecule has 0 fully saturated rings. The molecule has 19 heavy (non-hydrogen) atoms. The fourth-order valence-electron chi connectivity index (χ4n) is 2.02. The van der Waals surface area contributed by atoms with Crippen LogP contribution in [0, 0.1) is 5.82 Å². The number of fused-ring (bicyclic) bond motifs is 1. The summed E-state index contributed by atoms with van der Waals surface area (Å²) in [7, 11) is 2.96. The third-order valence-corrected chi connectivity index (χ3v) is 4.16. The third kappa shape index (κ3) is 2.91. The molecule has 0 amide bonds. The van der Waals surface area contributed by atoms with Gasteiger partial charge >= 0.3 is 0 Å². The summed E-state index contributed by atoms with van der Waals surface area (Å²) in [5, 5.41) is 0.0370. The lowest BCUT2D eigenvalue weighted by Crippen LogP contribution is -2.00. The van der Waals surface area contributed by atoms with E-state index in [2.05, 4.69) is 0 Å². The second kappa shape index (κ2) is 5.48. The van der Waals surface area contributed by atoms with Gasteiger partial charge in [-0.2, -0.15) is 0 Å². The summed E-state index contributed by atoms with van der Waals surface area (Å²) in [6, 6.07) is 4.42. The number of aryl methyl sites for hydroxylation is 1. The van der Waals surface area contributed by atoms with Crippen LogP contribution in [0.5, 0.6) is 0 Å². The molecule has 4 nitrogen and oxygen atoms in total. The average Bonchev–Trinajstić information content (AvgIpc) is 2.70. The molecule has 0 bridgehead atoms.